The smallest absolute Gasteiger partial charge is 0.306 e. The molecule has 0 aromatic heterocycles. The number of anilines is 1. The number of nitrogens with zero attached hydrogens (tertiary/aromatic N) is 1. The summed E-state index contributed by atoms with van der Waals surface area (Å²) < 4.78 is 0. The summed E-state index contributed by atoms with van der Waals surface area (Å²) in [6.45, 7) is 0.899. The average Bonchev–Trinajstić information content (AvgIpc) is 2.73. The molecular weight excluding hydrogens is 376 g/mol. The minimum atomic E-state index is -0.794. The van der Waals surface area contributed by atoms with Gasteiger partial charge in [0.1, 0.15) is 0 Å². The lowest BCUT2D eigenvalue weighted by Crippen LogP contribution is -2.40. The summed E-state index contributed by atoms with van der Waals surface area (Å²) >= 11 is 1.46. The second-order valence-electron chi connectivity index (χ2n) is 6.63. The standard InChI is InChI=1S/C21H22N2O4S/c24-19(14-28-18-4-2-1-3-5-18)22-17-8-6-15(7-9-17)20(25)23-12-10-16(11-13-23)21(26)27/h1-9,16H,10-14H2,(H,22,24)(H,26,27). The van der Waals surface area contributed by atoms with Gasteiger partial charge in [-0.3, -0.25) is 14.4 Å². The van der Waals surface area contributed by atoms with E-state index in [1.165, 1.54) is 11.8 Å². The van der Waals surface area contributed by atoms with Crippen LogP contribution in [0.4, 0.5) is 5.69 Å². The van der Waals surface area contributed by atoms with Crippen LogP contribution in [-0.4, -0.2) is 46.6 Å². The molecule has 6 nitrogen and oxygen atoms in total. The molecule has 7 heteroatoms. The van der Waals surface area contributed by atoms with E-state index >= 15 is 0 Å². The fourth-order valence-corrected chi connectivity index (χ4v) is 3.79. The molecule has 146 valence electrons. The Labute approximate surface area is 167 Å². The molecule has 2 aromatic carbocycles. The van der Waals surface area contributed by atoms with E-state index in [0.717, 1.165) is 4.90 Å². The highest BCUT2D eigenvalue weighted by molar-refractivity contribution is 8.00. The Bertz CT molecular complexity index is 831. The Morgan fingerprint density at radius 1 is 1.00 bits per heavy atom. The lowest BCUT2D eigenvalue weighted by molar-refractivity contribution is -0.143. The van der Waals surface area contributed by atoms with Crippen molar-refractivity contribution in [2.45, 2.75) is 17.7 Å². The lowest BCUT2D eigenvalue weighted by Gasteiger charge is -2.30. The van der Waals surface area contributed by atoms with Gasteiger partial charge in [0.15, 0.2) is 0 Å². The Balaban J connectivity index is 1.49. The number of carbonyl (C=O) groups excluding carboxylic acids is 2. The molecule has 0 radical (unpaired) electrons. The first kappa shape index (κ1) is 19.9. The Hall–Kier alpha value is -2.80. The number of carbonyl (C=O) groups is 3. The molecule has 0 spiro atoms. The van der Waals surface area contributed by atoms with Crippen LogP contribution >= 0.6 is 11.8 Å². The Morgan fingerprint density at radius 3 is 2.25 bits per heavy atom. The molecule has 1 heterocycles. The number of hydrogen-bond donors (Lipinski definition) is 2. The number of likely N-dealkylation sites (tertiary alicyclic amines) is 1. The summed E-state index contributed by atoms with van der Waals surface area (Å²) in [7, 11) is 0. The molecule has 2 aromatic rings. The van der Waals surface area contributed by atoms with Gasteiger partial charge >= 0.3 is 5.97 Å². The number of aliphatic carboxylic acids is 1. The van der Waals surface area contributed by atoms with Crippen molar-refractivity contribution in [1.29, 1.82) is 0 Å². The highest BCUT2D eigenvalue weighted by Gasteiger charge is 2.27. The first-order chi connectivity index (χ1) is 13.5. The van der Waals surface area contributed by atoms with Gasteiger partial charge in [-0.1, -0.05) is 18.2 Å². The van der Waals surface area contributed by atoms with E-state index in [9.17, 15) is 14.4 Å². The molecule has 1 aliphatic rings. The summed E-state index contributed by atoms with van der Waals surface area (Å²) in [6, 6.07) is 16.5. The zero-order valence-corrected chi connectivity index (χ0v) is 16.2. The third-order valence-electron chi connectivity index (χ3n) is 4.66. The van der Waals surface area contributed by atoms with Crippen LogP contribution in [-0.2, 0) is 9.59 Å². The molecule has 2 amide bonds. The van der Waals surface area contributed by atoms with Crippen molar-refractivity contribution in [3.05, 3.63) is 60.2 Å². The van der Waals surface area contributed by atoms with E-state index in [-0.39, 0.29) is 17.7 Å². The summed E-state index contributed by atoms with van der Waals surface area (Å²) in [6.07, 6.45) is 0.961. The number of benzene rings is 2. The highest BCUT2D eigenvalue weighted by atomic mass is 32.2. The van der Waals surface area contributed by atoms with Crippen molar-refractivity contribution in [3.63, 3.8) is 0 Å². The van der Waals surface area contributed by atoms with Gasteiger partial charge in [0.2, 0.25) is 5.91 Å². The van der Waals surface area contributed by atoms with Gasteiger partial charge in [-0.2, -0.15) is 0 Å². The van der Waals surface area contributed by atoms with E-state index in [1.54, 1.807) is 29.2 Å². The van der Waals surface area contributed by atoms with Crippen molar-refractivity contribution < 1.29 is 19.5 Å². The topological polar surface area (TPSA) is 86.7 Å². The summed E-state index contributed by atoms with van der Waals surface area (Å²) in [5, 5.41) is 11.9. The number of carboxylic acids is 1. The zero-order chi connectivity index (χ0) is 19.9. The monoisotopic (exact) mass is 398 g/mol. The number of thioether (sulfide) groups is 1. The van der Waals surface area contributed by atoms with Crippen LogP contribution in [0.5, 0.6) is 0 Å². The van der Waals surface area contributed by atoms with Crippen molar-refractivity contribution >= 4 is 35.2 Å². The van der Waals surface area contributed by atoms with Crippen LogP contribution in [0.25, 0.3) is 0 Å². The molecule has 1 aliphatic heterocycles. The van der Waals surface area contributed by atoms with E-state index in [2.05, 4.69) is 5.32 Å². The zero-order valence-electron chi connectivity index (χ0n) is 15.3. The SMILES string of the molecule is O=C(CSc1ccccc1)Nc1ccc(C(=O)N2CCC(C(=O)O)CC2)cc1. The fourth-order valence-electron chi connectivity index (χ4n) is 3.07. The van der Waals surface area contributed by atoms with Gasteiger partial charge < -0.3 is 15.3 Å². The van der Waals surface area contributed by atoms with Crippen LogP contribution in [0.3, 0.4) is 0 Å². The first-order valence-electron chi connectivity index (χ1n) is 9.13. The van der Waals surface area contributed by atoms with Gasteiger partial charge in [-0.05, 0) is 49.2 Å². The van der Waals surface area contributed by atoms with Crippen LogP contribution < -0.4 is 5.32 Å². The van der Waals surface area contributed by atoms with Crippen LogP contribution in [0, 0.1) is 5.92 Å². The van der Waals surface area contributed by atoms with E-state index < -0.39 is 5.97 Å². The van der Waals surface area contributed by atoms with Crippen molar-refractivity contribution in [2.24, 2.45) is 5.92 Å². The van der Waals surface area contributed by atoms with Gasteiger partial charge in [0, 0.05) is 29.2 Å². The molecule has 28 heavy (non-hydrogen) atoms. The van der Waals surface area contributed by atoms with Gasteiger partial charge in [-0.25, -0.2) is 0 Å². The van der Waals surface area contributed by atoms with Crippen molar-refractivity contribution in [1.82, 2.24) is 4.90 Å². The molecule has 2 N–H and O–H groups in total. The number of carboxylic acid groups (broad SMARTS) is 1. The second-order valence-corrected chi connectivity index (χ2v) is 7.68. The summed E-state index contributed by atoms with van der Waals surface area (Å²) in [4.78, 5) is 38.4. The van der Waals surface area contributed by atoms with Crippen LogP contribution in [0.1, 0.15) is 23.2 Å². The molecule has 0 unspecified atom stereocenters. The first-order valence-corrected chi connectivity index (χ1v) is 10.1. The average molecular weight is 398 g/mol. The third kappa shape index (κ3) is 5.36. The number of piperidine rings is 1. The molecular formula is C21H22N2O4S. The summed E-state index contributed by atoms with van der Waals surface area (Å²) in [5.41, 5.74) is 1.17. The quantitative estimate of drug-likeness (QED) is 0.729. The lowest BCUT2D eigenvalue weighted by atomic mass is 9.96. The second kappa shape index (κ2) is 9.41. The van der Waals surface area contributed by atoms with Crippen LogP contribution in [0.15, 0.2) is 59.5 Å². The van der Waals surface area contributed by atoms with Crippen molar-refractivity contribution in [3.8, 4) is 0 Å². The molecule has 3 rings (SSSR count). The minimum absolute atomic E-state index is 0.108. The molecule has 0 atom stereocenters. The van der Waals surface area contributed by atoms with Gasteiger partial charge in [0.25, 0.3) is 5.91 Å². The molecule has 1 fully saturated rings. The summed E-state index contributed by atoms with van der Waals surface area (Å²) in [5.74, 6) is -1.07. The number of rotatable bonds is 6. The molecule has 0 bridgehead atoms. The van der Waals surface area contributed by atoms with Crippen LogP contribution in [0.2, 0.25) is 0 Å². The number of amides is 2. The number of hydrogen-bond acceptors (Lipinski definition) is 4. The van der Waals surface area contributed by atoms with E-state index in [0.29, 0.717) is 42.9 Å². The van der Waals surface area contributed by atoms with Gasteiger partial charge in [-0.15, -0.1) is 11.8 Å². The number of nitrogens with one attached hydrogen (secondary N) is 1. The highest BCUT2D eigenvalue weighted by Crippen LogP contribution is 2.21. The van der Waals surface area contributed by atoms with Crippen molar-refractivity contribution in [2.75, 3.05) is 24.2 Å². The maximum atomic E-state index is 12.6. The molecule has 1 saturated heterocycles. The molecule has 0 saturated carbocycles. The Morgan fingerprint density at radius 2 is 1.64 bits per heavy atom. The van der Waals surface area contributed by atoms with Gasteiger partial charge in [0.05, 0.1) is 11.7 Å². The maximum absolute atomic E-state index is 12.6. The van der Waals surface area contributed by atoms with E-state index in [4.69, 9.17) is 5.11 Å². The third-order valence-corrected chi connectivity index (χ3v) is 5.67. The Kier molecular flexibility index (Phi) is 6.71. The predicted octanol–water partition coefficient (Wildman–Crippen LogP) is 3.35. The van der Waals surface area contributed by atoms with E-state index in [1.807, 2.05) is 30.3 Å². The minimum Gasteiger partial charge on any atom is -0.481 e. The maximum Gasteiger partial charge on any atom is 0.306 e. The molecule has 0 aliphatic carbocycles. The predicted molar refractivity (Wildman–Crippen MR) is 109 cm³/mol. The fraction of sp³-hybridized carbons (Fsp3) is 0.286. The largest absolute Gasteiger partial charge is 0.481 e. The normalized spacial score (nSPS) is 14.5.